The highest BCUT2D eigenvalue weighted by molar-refractivity contribution is 8.76. The molecule has 0 radical (unpaired) electrons. The number of amides is 1. The van der Waals surface area contributed by atoms with E-state index in [1.165, 1.54) is 12.2 Å². The first-order valence-electron chi connectivity index (χ1n) is 10.4. The van der Waals surface area contributed by atoms with Crippen molar-refractivity contribution in [1.82, 2.24) is 5.32 Å². The number of aliphatic carboxylic acids is 1. The van der Waals surface area contributed by atoms with Crippen molar-refractivity contribution in [3.63, 3.8) is 0 Å². The Morgan fingerprint density at radius 3 is 1.89 bits per heavy atom. The first-order chi connectivity index (χ1) is 13.4. The molecule has 28 heavy (non-hydrogen) atoms. The average molecular weight is 444 g/mol. The molecule has 0 rings (SSSR count). The molecule has 6 nitrogen and oxygen atoms in total. The van der Waals surface area contributed by atoms with E-state index >= 15 is 0 Å². The van der Waals surface area contributed by atoms with Gasteiger partial charge in [-0.1, -0.05) is 77.0 Å². The van der Waals surface area contributed by atoms with Crippen molar-refractivity contribution in [2.75, 3.05) is 38.7 Å². The molecule has 2 N–H and O–H groups in total. The molecule has 0 heterocycles. The minimum absolute atomic E-state index is 0.168. The summed E-state index contributed by atoms with van der Waals surface area (Å²) in [6.07, 6.45) is 2.43. The molecule has 0 aliphatic rings. The molecule has 0 saturated carbocycles. The molecule has 0 bridgehead atoms. The summed E-state index contributed by atoms with van der Waals surface area (Å²) in [5.41, 5.74) is 0. The number of rotatable bonds is 14. The van der Waals surface area contributed by atoms with E-state index in [-0.39, 0.29) is 25.5 Å². The number of carbonyl (C=O) groups excluding carboxylic acids is 1. The molecular formula is C20H45NO5S2. The van der Waals surface area contributed by atoms with Crippen LogP contribution in [-0.2, 0) is 19.1 Å². The van der Waals surface area contributed by atoms with E-state index in [2.05, 4.69) is 26.1 Å². The first kappa shape index (κ1) is 35.0. The lowest BCUT2D eigenvalue weighted by molar-refractivity contribution is -0.138. The molecule has 0 spiro atoms. The summed E-state index contributed by atoms with van der Waals surface area (Å²) in [6, 6.07) is 0. The van der Waals surface area contributed by atoms with Gasteiger partial charge in [0.15, 0.2) is 0 Å². The third-order valence-corrected chi connectivity index (χ3v) is 5.34. The van der Waals surface area contributed by atoms with Gasteiger partial charge < -0.3 is 19.9 Å². The fourth-order valence-corrected chi connectivity index (χ4v) is 3.30. The van der Waals surface area contributed by atoms with Crippen LogP contribution in [0.1, 0.15) is 74.7 Å². The van der Waals surface area contributed by atoms with E-state index in [1.54, 1.807) is 0 Å². The Balaban J connectivity index is -0.000000201. The van der Waals surface area contributed by atoms with Crippen LogP contribution in [-0.4, -0.2) is 61.0 Å². The van der Waals surface area contributed by atoms with Crippen LogP contribution in [0.4, 0.5) is 0 Å². The van der Waals surface area contributed by atoms with E-state index in [1.807, 2.05) is 56.2 Å². The molecule has 172 valence electrons. The fourth-order valence-electron chi connectivity index (χ4n) is 1.16. The lowest BCUT2D eigenvalue weighted by atomic mass is 10.4. The van der Waals surface area contributed by atoms with Gasteiger partial charge in [0.25, 0.3) is 0 Å². The summed E-state index contributed by atoms with van der Waals surface area (Å²) in [7, 11) is 3.95. The van der Waals surface area contributed by atoms with Gasteiger partial charge in [-0.3, -0.25) is 9.59 Å². The largest absolute Gasteiger partial charge is 0.480 e. The lowest BCUT2D eigenvalue weighted by Crippen LogP contribution is -2.30. The standard InChI is InChI=1S/C10H19NO5.C6H14S2.2C2H6/c1-2-4-15-6-7-16-5-3-9(12)11-8-10(13)14;1-4-5-7-8-6(2)3;2*1-2/h2-8H2,1H3,(H,11,12)(H,13,14);6H,4-5H2,1-3H3;2*1-2H3. The van der Waals surface area contributed by atoms with Gasteiger partial charge in [0.2, 0.25) is 5.91 Å². The third kappa shape index (κ3) is 44.8. The molecule has 0 aromatic rings. The summed E-state index contributed by atoms with van der Waals surface area (Å²) in [5.74, 6) is -0.0813. The van der Waals surface area contributed by atoms with Gasteiger partial charge in [0.05, 0.1) is 19.8 Å². The summed E-state index contributed by atoms with van der Waals surface area (Å²) in [5, 5.41) is 11.3. The smallest absolute Gasteiger partial charge is 0.322 e. The van der Waals surface area contributed by atoms with E-state index < -0.39 is 5.97 Å². The van der Waals surface area contributed by atoms with E-state index in [9.17, 15) is 9.59 Å². The fraction of sp³-hybridized carbons (Fsp3) is 0.900. The van der Waals surface area contributed by atoms with Crippen LogP contribution < -0.4 is 5.32 Å². The molecule has 0 atom stereocenters. The van der Waals surface area contributed by atoms with Crippen molar-refractivity contribution in [1.29, 1.82) is 0 Å². The van der Waals surface area contributed by atoms with Crippen LogP contribution >= 0.6 is 21.6 Å². The van der Waals surface area contributed by atoms with Crippen LogP contribution in [0.25, 0.3) is 0 Å². The van der Waals surface area contributed by atoms with Gasteiger partial charge in [0, 0.05) is 24.0 Å². The minimum atomic E-state index is -1.05. The predicted octanol–water partition coefficient (Wildman–Crippen LogP) is 5.26. The summed E-state index contributed by atoms with van der Waals surface area (Å²) < 4.78 is 10.3. The normalized spacial score (nSPS) is 9.18. The number of carboxylic acid groups (broad SMARTS) is 1. The van der Waals surface area contributed by atoms with Gasteiger partial charge >= 0.3 is 5.97 Å². The van der Waals surface area contributed by atoms with Crippen LogP contribution in [0.5, 0.6) is 0 Å². The van der Waals surface area contributed by atoms with Crippen LogP contribution in [0.15, 0.2) is 0 Å². The first-order valence-corrected chi connectivity index (χ1v) is 12.7. The molecule has 0 unspecified atom stereocenters. The van der Waals surface area contributed by atoms with Crippen molar-refractivity contribution in [3.05, 3.63) is 0 Å². The molecule has 0 aliphatic heterocycles. The van der Waals surface area contributed by atoms with Crippen LogP contribution in [0.3, 0.4) is 0 Å². The number of hydrogen-bond acceptors (Lipinski definition) is 6. The van der Waals surface area contributed by atoms with Crippen molar-refractivity contribution in [2.45, 2.75) is 79.9 Å². The molecule has 0 aliphatic carbocycles. The second kappa shape index (κ2) is 34.1. The molecular weight excluding hydrogens is 398 g/mol. The zero-order valence-electron chi connectivity index (χ0n) is 19.3. The quantitative estimate of drug-likeness (QED) is 0.280. The van der Waals surface area contributed by atoms with Crippen molar-refractivity contribution >= 4 is 33.5 Å². The zero-order chi connectivity index (χ0) is 22.6. The lowest BCUT2D eigenvalue weighted by Gasteiger charge is -2.05. The van der Waals surface area contributed by atoms with E-state index in [4.69, 9.17) is 14.6 Å². The molecule has 0 aromatic carbocycles. The second-order valence-corrected chi connectivity index (χ2v) is 8.18. The van der Waals surface area contributed by atoms with Crippen LogP contribution in [0, 0.1) is 0 Å². The van der Waals surface area contributed by atoms with Crippen LogP contribution in [0.2, 0.25) is 0 Å². The molecule has 0 aromatic heterocycles. The number of carboxylic acids is 1. The Bertz CT molecular complexity index is 306. The van der Waals surface area contributed by atoms with Crippen molar-refractivity contribution in [3.8, 4) is 0 Å². The van der Waals surface area contributed by atoms with Gasteiger partial charge in [-0.15, -0.1) is 0 Å². The summed E-state index contributed by atoms with van der Waals surface area (Å²) in [4.78, 5) is 21.1. The van der Waals surface area contributed by atoms with E-state index in [0.29, 0.717) is 19.8 Å². The number of ether oxygens (including phenoxy) is 2. The third-order valence-electron chi connectivity index (χ3n) is 2.18. The SMILES string of the molecule is CC.CC.CCCOCCOCCC(=O)NCC(=O)O.CCCSSC(C)C. The molecule has 0 saturated heterocycles. The highest BCUT2D eigenvalue weighted by Gasteiger charge is 2.03. The van der Waals surface area contributed by atoms with Crippen molar-refractivity contribution < 1.29 is 24.2 Å². The zero-order valence-corrected chi connectivity index (χ0v) is 21.0. The molecule has 1 amide bonds. The summed E-state index contributed by atoms with van der Waals surface area (Å²) >= 11 is 0. The van der Waals surface area contributed by atoms with Crippen molar-refractivity contribution in [2.24, 2.45) is 0 Å². The maximum Gasteiger partial charge on any atom is 0.322 e. The Morgan fingerprint density at radius 2 is 1.46 bits per heavy atom. The highest BCUT2D eigenvalue weighted by Crippen LogP contribution is 2.26. The minimum Gasteiger partial charge on any atom is -0.480 e. The molecule has 8 heteroatoms. The van der Waals surface area contributed by atoms with Gasteiger partial charge in [-0.25, -0.2) is 0 Å². The highest BCUT2D eigenvalue weighted by atomic mass is 33.1. The number of carbonyl (C=O) groups is 2. The Labute approximate surface area is 181 Å². The second-order valence-electron chi connectivity index (χ2n) is 5.11. The Kier molecular flexibility index (Phi) is 42.6. The number of nitrogens with one attached hydrogen (secondary N) is 1. The predicted molar refractivity (Wildman–Crippen MR) is 125 cm³/mol. The average Bonchev–Trinajstić information content (AvgIpc) is 2.69. The topological polar surface area (TPSA) is 84.9 Å². The summed E-state index contributed by atoms with van der Waals surface area (Å²) in [6.45, 7) is 18.3. The van der Waals surface area contributed by atoms with E-state index in [0.717, 1.165) is 11.7 Å². The number of hydrogen-bond donors (Lipinski definition) is 2. The monoisotopic (exact) mass is 443 g/mol. The van der Waals surface area contributed by atoms with Gasteiger partial charge in [-0.2, -0.15) is 0 Å². The van der Waals surface area contributed by atoms with Gasteiger partial charge in [-0.05, 0) is 12.8 Å². The Hall–Kier alpha value is -0.440. The van der Waals surface area contributed by atoms with Gasteiger partial charge in [0.1, 0.15) is 6.54 Å². The molecule has 0 fully saturated rings. The maximum atomic E-state index is 11.0. The maximum absolute atomic E-state index is 11.0. The Morgan fingerprint density at radius 1 is 0.929 bits per heavy atom.